The normalized spacial score (nSPS) is 17.1. The van der Waals surface area contributed by atoms with E-state index < -0.39 is 0 Å². The summed E-state index contributed by atoms with van der Waals surface area (Å²) in [6.07, 6.45) is 9.12. The maximum absolute atomic E-state index is 13.6. The molecule has 1 amide bonds. The van der Waals surface area contributed by atoms with Crippen LogP contribution in [0.5, 0.6) is 0 Å². The van der Waals surface area contributed by atoms with Crippen LogP contribution < -0.4 is 11.1 Å². The molecule has 4 aromatic rings. The van der Waals surface area contributed by atoms with Crippen molar-refractivity contribution in [3.63, 3.8) is 0 Å². The number of carbonyl (C=O) groups excluding carboxylic acids is 2. The molecule has 0 aliphatic heterocycles. The van der Waals surface area contributed by atoms with Crippen molar-refractivity contribution >= 4 is 55.5 Å². The molecule has 2 aliphatic rings. The van der Waals surface area contributed by atoms with Gasteiger partial charge in [-0.15, -0.1) is 22.7 Å². The quantitative estimate of drug-likeness (QED) is 0.250. The number of rotatable bonds is 5. The number of pyridine rings is 1. The van der Waals surface area contributed by atoms with Crippen molar-refractivity contribution in [1.82, 2.24) is 4.98 Å². The average Bonchev–Trinajstić information content (AvgIpc) is 3.43. The van der Waals surface area contributed by atoms with Crippen LogP contribution in [0.3, 0.4) is 0 Å². The molecule has 0 bridgehead atoms. The zero-order chi connectivity index (χ0) is 26.9. The zero-order valence-electron chi connectivity index (χ0n) is 22.2. The molecular formula is C31H33N3O3S2. The molecule has 3 N–H and O–H groups in total. The lowest BCUT2D eigenvalue weighted by Crippen LogP contribution is -2.15. The Morgan fingerprint density at radius 1 is 1.08 bits per heavy atom. The van der Waals surface area contributed by atoms with E-state index in [-0.39, 0.29) is 11.9 Å². The van der Waals surface area contributed by atoms with Crippen LogP contribution in [-0.2, 0) is 30.4 Å². The summed E-state index contributed by atoms with van der Waals surface area (Å²) < 4.78 is 5.41. The van der Waals surface area contributed by atoms with Gasteiger partial charge in [0, 0.05) is 16.0 Å². The van der Waals surface area contributed by atoms with Crippen molar-refractivity contribution in [2.75, 3.05) is 17.7 Å². The smallest absolute Gasteiger partial charge is 0.341 e. The number of nitrogens with one attached hydrogen (secondary N) is 1. The summed E-state index contributed by atoms with van der Waals surface area (Å²) >= 11 is 2.84. The molecule has 1 atom stereocenters. The van der Waals surface area contributed by atoms with E-state index in [4.69, 9.17) is 15.5 Å². The third-order valence-electron chi connectivity index (χ3n) is 7.94. The number of nitrogen functional groups attached to an aromatic ring is 1. The van der Waals surface area contributed by atoms with Crippen molar-refractivity contribution in [3.8, 4) is 0 Å². The number of anilines is 2. The third-order valence-corrected chi connectivity index (χ3v) is 10.3. The minimum Gasteiger partial charge on any atom is -0.462 e. The molecule has 0 saturated carbocycles. The van der Waals surface area contributed by atoms with Gasteiger partial charge in [-0.05, 0) is 80.5 Å². The predicted molar refractivity (Wildman–Crippen MR) is 159 cm³/mol. The number of fused-ring (bicyclic) bond motifs is 3. The van der Waals surface area contributed by atoms with Crippen LogP contribution in [-0.4, -0.2) is 23.5 Å². The minimum absolute atomic E-state index is 0.293. The van der Waals surface area contributed by atoms with Crippen molar-refractivity contribution < 1.29 is 14.3 Å². The number of ether oxygens (including phenoxy) is 1. The number of nitrogens with zero attached hydrogens (tertiary/aromatic N) is 1. The number of hydrogen-bond donors (Lipinski definition) is 2. The predicted octanol–water partition coefficient (Wildman–Crippen LogP) is 7.30. The number of amides is 1. The Balaban J connectivity index is 1.31. The van der Waals surface area contributed by atoms with Gasteiger partial charge in [-0.25, -0.2) is 9.78 Å². The van der Waals surface area contributed by atoms with Crippen LogP contribution in [0, 0.1) is 0 Å². The number of benzene rings is 1. The lowest BCUT2D eigenvalue weighted by atomic mass is 9.82. The first kappa shape index (κ1) is 26.0. The van der Waals surface area contributed by atoms with Gasteiger partial charge in [0.05, 0.1) is 17.9 Å². The number of thiophene rings is 2. The Labute approximate surface area is 236 Å². The van der Waals surface area contributed by atoms with Gasteiger partial charge in [0.2, 0.25) is 0 Å². The van der Waals surface area contributed by atoms with Gasteiger partial charge < -0.3 is 15.8 Å². The Morgan fingerprint density at radius 2 is 1.87 bits per heavy atom. The molecule has 1 unspecified atom stereocenters. The first-order valence-corrected chi connectivity index (χ1v) is 15.6. The van der Waals surface area contributed by atoms with Crippen molar-refractivity contribution in [2.24, 2.45) is 0 Å². The van der Waals surface area contributed by atoms with Gasteiger partial charge in [-0.3, -0.25) is 4.79 Å². The van der Waals surface area contributed by atoms with Gasteiger partial charge >= 0.3 is 5.97 Å². The zero-order valence-corrected chi connectivity index (χ0v) is 23.8. The first-order valence-electron chi connectivity index (χ1n) is 13.9. The maximum Gasteiger partial charge on any atom is 0.341 e. The highest BCUT2D eigenvalue weighted by atomic mass is 32.1. The Morgan fingerprint density at radius 3 is 2.67 bits per heavy atom. The van der Waals surface area contributed by atoms with E-state index in [1.54, 1.807) is 6.92 Å². The molecule has 1 aromatic carbocycles. The van der Waals surface area contributed by atoms with E-state index in [9.17, 15) is 9.59 Å². The van der Waals surface area contributed by atoms with Crippen molar-refractivity contribution in [3.05, 3.63) is 74.1 Å². The maximum atomic E-state index is 13.6. The van der Waals surface area contributed by atoms with Crippen LogP contribution >= 0.6 is 22.7 Å². The van der Waals surface area contributed by atoms with Gasteiger partial charge in [0.15, 0.2) is 0 Å². The van der Waals surface area contributed by atoms with E-state index >= 15 is 0 Å². The first-order chi connectivity index (χ1) is 19.0. The van der Waals surface area contributed by atoms with Gasteiger partial charge in [0.25, 0.3) is 5.91 Å². The number of aryl methyl sites for hydroxylation is 2. The SMILES string of the molecule is CCOC(=O)c1c(NC(=O)c2sc3nc4c(cc3c2N)CC(c2ccccc2)CC4)sc2c1CCCCCC2. The summed E-state index contributed by atoms with van der Waals surface area (Å²) in [4.78, 5) is 33.9. The molecule has 3 aromatic heterocycles. The highest BCUT2D eigenvalue weighted by Gasteiger charge is 2.29. The second kappa shape index (κ2) is 11.1. The van der Waals surface area contributed by atoms with E-state index in [0.717, 1.165) is 72.8 Å². The fraction of sp³-hybridized carbons (Fsp3) is 0.387. The van der Waals surface area contributed by atoms with Crippen LogP contribution in [0.1, 0.15) is 92.2 Å². The molecule has 6 nitrogen and oxygen atoms in total. The molecule has 6 rings (SSSR count). The summed E-state index contributed by atoms with van der Waals surface area (Å²) in [6, 6.07) is 12.8. The van der Waals surface area contributed by atoms with Crippen LogP contribution in [0.25, 0.3) is 10.2 Å². The Hall–Kier alpha value is -3.23. The Kier molecular flexibility index (Phi) is 7.40. The van der Waals surface area contributed by atoms with E-state index in [1.165, 1.54) is 45.1 Å². The summed E-state index contributed by atoms with van der Waals surface area (Å²) in [6.45, 7) is 2.10. The standard InChI is InChI=1S/C31H33N3O3S2/c1-2-37-31(36)25-21-12-8-3-4-9-13-24(21)38-30(25)34-28(35)27-26(32)22-17-20-16-19(18-10-6-5-7-11-18)14-15-23(20)33-29(22)39-27/h5-7,10-11,17,19H,2-4,8-9,12-16,32H2,1H3,(H,34,35). The van der Waals surface area contributed by atoms with Crippen molar-refractivity contribution in [2.45, 2.75) is 70.6 Å². The lowest BCUT2D eigenvalue weighted by Gasteiger charge is -2.24. The van der Waals surface area contributed by atoms with Gasteiger partial charge in [0.1, 0.15) is 14.7 Å². The molecule has 2 aliphatic carbocycles. The van der Waals surface area contributed by atoms with E-state index in [0.29, 0.717) is 33.7 Å². The fourth-order valence-corrected chi connectivity index (χ4v) is 8.22. The molecule has 3 heterocycles. The molecule has 0 spiro atoms. The molecule has 39 heavy (non-hydrogen) atoms. The molecule has 202 valence electrons. The topological polar surface area (TPSA) is 94.3 Å². The Bertz CT molecular complexity index is 1540. The van der Waals surface area contributed by atoms with Gasteiger partial charge in [-0.2, -0.15) is 0 Å². The lowest BCUT2D eigenvalue weighted by molar-refractivity contribution is 0.0526. The monoisotopic (exact) mass is 559 g/mol. The molecule has 8 heteroatoms. The largest absolute Gasteiger partial charge is 0.462 e. The summed E-state index contributed by atoms with van der Waals surface area (Å²) in [5, 5.41) is 4.45. The second-order valence-corrected chi connectivity index (χ2v) is 12.5. The number of aromatic nitrogens is 1. The fourth-order valence-electron chi connectivity index (χ4n) is 5.96. The summed E-state index contributed by atoms with van der Waals surface area (Å²) in [5.74, 6) is -0.201. The minimum atomic E-state index is -0.363. The highest BCUT2D eigenvalue weighted by Crippen LogP contribution is 2.41. The highest BCUT2D eigenvalue weighted by molar-refractivity contribution is 7.21. The van der Waals surface area contributed by atoms with Gasteiger partial charge in [-0.1, -0.05) is 43.2 Å². The average molecular weight is 560 g/mol. The van der Waals surface area contributed by atoms with Crippen LogP contribution in [0.4, 0.5) is 10.7 Å². The van der Waals surface area contributed by atoms with E-state index in [2.05, 4.69) is 35.6 Å². The molecule has 0 radical (unpaired) electrons. The molecule has 0 fully saturated rings. The number of carbonyl (C=O) groups is 2. The second-order valence-electron chi connectivity index (χ2n) is 10.4. The van der Waals surface area contributed by atoms with Crippen molar-refractivity contribution in [1.29, 1.82) is 0 Å². The van der Waals surface area contributed by atoms with Crippen LogP contribution in [0.15, 0.2) is 36.4 Å². The third kappa shape index (κ3) is 5.08. The number of nitrogens with two attached hydrogens (primary N) is 1. The van der Waals surface area contributed by atoms with E-state index in [1.807, 2.05) is 6.07 Å². The summed E-state index contributed by atoms with van der Waals surface area (Å²) in [7, 11) is 0. The molecule has 0 saturated heterocycles. The van der Waals surface area contributed by atoms with Crippen LogP contribution in [0.2, 0.25) is 0 Å². The molecular weight excluding hydrogens is 526 g/mol. The summed E-state index contributed by atoms with van der Waals surface area (Å²) in [5.41, 5.74) is 12.3. The number of hydrogen-bond acceptors (Lipinski definition) is 7. The number of esters is 1.